The van der Waals surface area contributed by atoms with Crippen LogP contribution in [-0.4, -0.2) is 17.9 Å². The monoisotopic (exact) mass is 128 g/mol. The maximum absolute atomic E-state index is 8.92. The molecule has 0 radical (unpaired) electrons. The first-order valence-electron chi connectivity index (χ1n) is 2.78. The first kappa shape index (κ1) is 8.17. The Morgan fingerprint density at radius 2 is 2.44 bits per heavy atom. The molecule has 0 fully saturated rings. The van der Waals surface area contributed by atoms with E-state index in [1.54, 1.807) is 13.0 Å². The molecule has 1 atom stereocenters. The smallest absolute Gasteiger partial charge is 0.0922 e. The Hall–Kier alpha value is -0.830. The van der Waals surface area contributed by atoms with Crippen LogP contribution in [0.1, 0.15) is 13.8 Å². The minimum absolute atomic E-state index is 0.500. The lowest BCUT2D eigenvalue weighted by molar-refractivity contribution is 0.222. The maximum Gasteiger partial charge on any atom is 0.0922 e. The second-order valence-corrected chi connectivity index (χ2v) is 1.69. The molecular weight excluding hydrogens is 116 g/mol. The van der Waals surface area contributed by atoms with Crippen LogP contribution in [-0.2, 0) is 0 Å². The molecule has 0 spiro atoms. The molecule has 0 aromatic heterocycles. The van der Waals surface area contributed by atoms with E-state index in [0.717, 1.165) is 0 Å². The van der Waals surface area contributed by atoms with E-state index in [1.807, 2.05) is 6.92 Å². The summed E-state index contributed by atoms with van der Waals surface area (Å²) in [6.07, 6.45) is 1.25. The predicted octanol–water partition coefficient (Wildman–Crippen LogP) is 0.476. The van der Waals surface area contributed by atoms with Gasteiger partial charge in [0.15, 0.2) is 0 Å². The average molecular weight is 128 g/mol. The van der Waals surface area contributed by atoms with Crippen molar-refractivity contribution in [2.45, 2.75) is 20.0 Å². The fourth-order valence-corrected chi connectivity index (χ4v) is 0.490. The van der Waals surface area contributed by atoms with Crippen molar-refractivity contribution >= 4 is 6.72 Å². The third-order valence-corrected chi connectivity index (χ3v) is 0.969. The third kappa shape index (κ3) is 2.87. The molecular formula is C6H12N2O. The molecule has 2 N–H and O–H groups in total. The molecule has 9 heavy (non-hydrogen) atoms. The molecule has 0 aliphatic heterocycles. The van der Waals surface area contributed by atoms with Crippen LogP contribution in [0.25, 0.3) is 0 Å². The standard InChI is InChI=1S/C6H12N2O/c1-4-6(5(2)9)8-7-3/h4-5,8-9H,3H2,1-2H3/b6-4-. The lowest BCUT2D eigenvalue weighted by Crippen LogP contribution is -2.16. The van der Waals surface area contributed by atoms with Crippen molar-refractivity contribution in [2.75, 3.05) is 0 Å². The van der Waals surface area contributed by atoms with Gasteiger partial charge in [-0.15, -0.1) is 0 Å². The Morgan fingerprint density at radius 1 is 1.89 bits per heavy atom. The van der Waals surface area contributed by atoms with Crippen molar-refractivity contribution < 1.29 is 5.11 Å². The van der Waals surface area contributed by atoms with Crippen LogP contribution in [0.15, 0.2) is 16.9 Å². The van der Waals surface area contributed by atoms with Gasteiger partial charge in [0.05, 0.1) is 11.8 Å². The largest absolute Gasteiger partial charge is 0.387 e. The normalized spacial score (nSPS) is 14.8. The van der Waals surface area contributed by atoms with Crippen LogP contribution < -0.4 is 5.43 Å². The second-order valence-electron chi connectivity index (χ2n) is 1.69. The van der Waals surface area contributed by atoms with Gasteiger partial charge < -0.3 is 5.11 Å². The van der Waals surface area contributed by atoms with E-state index in [0.29, 0.717) is 5.70 Å². The maximum atomic E-state index is 8.92. The predicted molar refractivity (Wildman–Crippen MR) is 38.1 cm³/mol. The fraction of sp³-hybridized carbons (Fsp3) is 0.500. The zero-order chi connectivity index (χ0) is 7.28. The van der Waals surface area contributed by atoms with E-state index in [1.165, 1.54) is 0 Å². The number of rotatable bonds is 3. The topological polar surface area (TPSA) is 44.6 Å². The summed E-state index contributed by atoms with van der Waals surface area (Å²) in [7, 11) is 0. The fourth-order valence-electron chi connectivity index (χ4n) is 0.490. The summed E-state index contributed by atoms with van der Waals surface area (Å²) in [5.41, 5.74) is 3.23. The van der Waals surface area contributed by atoms with Crippen molar-refractivity contribution in [3.05, 3.63) is 11.8 Å². The van der Waals surface area contributed by atoms with Crippen LogP contribution in [0, 0.1) is 0 Å². The summed E-state index contributed by atoms with van der Waals surface area (Å²) >= 11 is 0. The van der Waals surface area contributed by atoms with Crippen molar-refractivity contribution in [3.63, 3.8) is 0 Å². The summed E-state index contributed by atoms with van der Waals surface area (Å²) < 4.78 is 0. The van der Waals surface area contributed by atoms with Crippen molar-refractivity contribution in [1.29, 1.82) is 0 Å². The lowest BCUT2D eigenvalue weighted by atomic mass is 10.3. The number of aliphatic hydroxyl groups excluding tert-OH is 1. The average Bonchev–Trinajstić information content (AvgIpc) is 1.82. The van der Waals surface area contributed by atoms with E-state index >= 15 is 0 Å². The highest BCUT2D eigenvalue weighted by Gasteiger charge is 1.99. The number of nitrogens with one attached hydrogen (secondary N) is 1. The van der Waals surface area contributed by atoms with Crippen LogP contribution >= 0.6 is 0 Å². The molecule has 3 nitrogen and oxygen atoms in total. The molecule has 0 amide bonds. The first-order chi connectivity index (χ1) is 4.22. The minimum Gasteiger partial charge on any atom is -0.387 e. The van der Waals surface area contributed by atoms with Gasteiger partial charge in [0.1, 0.15) is 0 Å². The number of allylic oxidation sites excluding steroid dienone is 1. The van der Waals surface area contributed by atoms with Crippen LogP contribution in [0.3, 0.4) is 0 Å². The minimum atomic E-state index is -0.500. The highest BCUT2D eigenvalue weighted by atomic mass is 16.3. The lowest BCUT2D eigenvalue weighted by Gasteiger charge is -2.06. The quantitative estimate of drug-likeness (QED) is 0.429. The molecule has 52 valence electrons. The Morgan fingerprint density at radius 3 is 2.56 bits per heavy atom. The molecule has 1 unspecified atom stereocenters. The van der Waals surface area contributed by atoms with Gasteiger partial charge in [0.25, 0.3) is 0 Å². The summed E-state index contributed by atoms with van der Waals surface area (Å²) in [5.74, 6) is 0. The van der Waals surface area contributed by atoms with E-state index in [2.05, 4.69) is 17.2 Å². The van der Waals surface area contributed by atoms with Gasteiger partial charge in [0.2, 0.25) is 0 Å². The molecule has 0 aliphatic rings. The van der Waals surface area contributed by atoms with Crippen molar-refractivity contribution in [2.24, 2.45) is 5.10 Å². The SMILES string of the molecule is C=NN/C(=C\C)C(C)O. The Labute approximate surface area is 55.1 Å². The van der Waals surface area contributed by atoms with Gasteiger partial charge in [-0.1, -0.05) is 6.08 Å². The molecule has 3 heteroatoms. The summed E-state index contributed by atoms with van der Waals surface area (Å²) in [5, 5.41) is 12.3. The van der Waals surface area contributed by atoms with Crippen LogP contribution in [0.2, 0.25) is 0 Å². The van der Waals surface area contributed by atoms with E-state index in [9.17, 15) is 0 Å². The van der Waals surface area contributed by atoms with Gasteiger partial charge in [-0.05, 0) is 13.8 Å². The molecule has 0 saturated heterocycles. The van der Waals surface area contributed by atoms with Gasteiger partial charge >= 0.3 is 0 Å². The van der Waals surface area contributed by atoms with Gasteiger partial charge in [0, 0.05) is 6.72 Å². The zero-order valence-corrected chi connectivity index (χ0v) is 5.76. The second kappa shape index (κ2) is 4.09. The number of hydrogen-bond acceptors (Lipinski definition) is 3. The summed E-state index contributed by atoms with van der Waals surface area (Å²) in [6.45, 7) is 6.70. The van der Waals surface area contributed by atoms with Gasteiger partial charge in [-0.2, -0.15) is 5.10 Å². The molecule has 0 aromatic carbocycles. The highest BCUT2D eigenvalue weighted by Crippen LogP contribution is 1.94. The van der Waals surface area contributed by atoms with Crippen molar-refractivity contribution in [3.8, 4) is 0 Å². The molecule has 0 bridgehead atoms. The van der Waals surface area contributed by atoms with E-state index < -0.39 is 6.10 Å². The Kier molecular flexibility index (Phi) is 3.71. The summed E-state index contributed by atoms with van der Waals surface area (Å²) in [6, 6.07) is 0. The number of nitrogens with zero attached hydrogens (tertiary/aromatic N) is 1. The molecule has 0 rings (SSSR count). The number of aliphatic hydroxyl groups is 1. The first-order valence-corrected chi connectivity index (χ1v) is 2.78. The third-order valence-electron chi connectivity index (χ3n) is 0.969. The van der Waals surface area contributed by atoms with Crippen LogP contribution in [0.5, 0.6) is 0 Å². The number of hydrogen-bond donors (Lipinski definition) is 2. The Bertz CT molecular complexity index is 118. The van der Waals surface area contributed by atoms with E-state index in [-0.39, 0.29) is 0 Å². The van der Waals surface area contributed by atoms with Gasteiger partial charge in [-0.25, -0.2) is 0 Å². The highest BCUT2D eigenvalue weighted by molar-refractivity contribution is 5.23. The van der Waals surface area contributed by atoms with E-state index in [4.69, 9.17) is 5.11 Å². The van der Waals surface area contributed by atoms with Crippen LogP contribution in [0.4, 0.5) is 0 Å². The Balaban J connectivity index is 3.84. The zero-order valence-electron chi connectivity index (χ0n) is 5.76. The molecule has 0 aromatic rings. The van der Waals surface area contributed by atoms with Crippen molar-refractivity contribution in [1.82, 2.24) is 5.43 Å². The molecule has 0 aliphatic carbocycles. The molecule has 0 heterocycles. The van der Waals surface area contributed by atoms with Gasteiger partial charge in [-0.3, -0.25) is 5.43 Å². The molecule has 0 saturated carbocycles. The number of hydrazone groups is 1. The summed E-state index contributed by atoms with van der Waals surface area (Å²) in [4.78, 5) is 0.